The van der Waals surface area contributed by atoms with Crippen LogP contribution in [-0.4, -0.2) is 40.6 Å². The van der Waals surface area contributed by atoms with Crippen LogP contribution < -0.4 is 5.73 Å². The third kappa shape index (κ3) is 2.88. The second-order valence-corrected chi connectivity index (χ2v) is 5.93. The topological polar surface area (TPSA) is 79.5 Å². The molecular weight excluding hydrogens is 250 g/mol. The van der Waals surface area contributed by atoms with E-state index >= 15 is 0 Å². The fraction of sp³-hybridized carbons (Fsp3) is 0.667. The van der Waals surface area contributed by atoms with Crippen molar-refractivity contribution >= 4 is 17.2 Å². The van der Waals surface area contributed by atoms with Gasteiger partial charge in [0.2, 0.25) is 0 Å². The van der Waals surface area contributed by atoms with Crippen LogP contribution in [0.25, 0.3) is 0 Å². The van der Waals surface area contributed by atoms with E-state index < -0.39 is 0 Å². The minimum Gasteiger partial charge on any atom is -0.393 e. The van der Waals surface area contributed by atoms with Gasteiger partial charge < -0.3 is 15.7 Å². The van der Waals surface area contributed by atoms with Crippen molar-refractivity contribution in [3.63, 3.8) is 0 Å². The molecule has 1 atom stereocenters. The molecule has 0 radical (unpaired) electrons. The van der Waals surface area contributed by atoms with Crippen molar-refractivity contribution in [3.8, 4) is 0 Å². The summed E-state index contributed by atoms with van der Waals surface area (Å²) in [5.41, 5.74) is 6.19. The van der Waals surface area contributed by atoms with Crippen LogP contribution in [0, 0.1) is 5.92 Å². The standard InChI is InChI=1S/C12H19N3O2S/c1-7(13)11-14-10(6-18-11)12(17)15(2)5-8-3-9(16)4-8/h6-9,16H,3-5,13H2,1-2H3. The van der Waals surface area contributed by atoms with Crippen LogP contribution >= 0.6 is 11.3 Å². The molecule has 1 aromatic rings. The molecule has 1 amide bonds. The van der Waals surface area contributed by atoms with E-state index in [0.717, 1.165) is 17.8 Å². The number of rotatable bonds is 4. The van der Waals surface area contributed by atoms with Gasteiger partial charge in [0.1, 0.15) is 10.7 Å². The molecule has 1 aromatic heterocycles. The number of aliphatic hydroxyl groups excluding tert-OH is 1. The van der Waals surface area contributed by atoms with Crippen molar-refractivity contribution in [2.45, 2.75) is 31.9 Å². The van der Waals surface area contributed by atoms with Crippen LogP contribution in [0.1, 0.15) is 41.3 Å². The molecule has 0 aromatic carbocycles. The maximum absolute atomic E-state index is 12.1. The van der Waals surface area contributed by atoms with Crippen molar-refractivity contribution in [2.24, 2.45) is 11.7 Å². The Kier molecular flexibility index (Phi) is 3.99. The first-order chi connectivity index (χ1) is 8.47. The smallest absolute Gasteiger partial charge is 0.273 e. The zero-order chi connectivity index (χ0) is 13.3. The Morgan fingerprint density at radius 3 is 2.89 bits per heavy atom. The van der Waals surface area contributed by atoms with E-state index in [-0.39, 0.29) is 18.1 Å². The molecule has 0 aliphatic heterocycles. The van der Waals surface area contributed by atoms with Gasteiger partial charge in [-0.25, -0.2) is 4.98 Å². The Labute approximate surface area is 111 Å². The third-order valence-electron chi connectivity index (χ3n) is 3.22. The number of nitrogens with two attached hydrogens (primary N) is 1. The quantitative estimate of drug-likeness (QED) is 0.855. The number of thiazole rings is 1. The molecule has 5 nitrogen and oxygen atoms in total. The predicted octanol–water partition coefficient (Wildman–Crippen LogP) is 1.01. The fourth-order valence-electron chi connectivity index (χ4n) is 2.11. The highest BCUT2D eigenvalue weighted by Gasteiger charge is 2.29. The average Bonchev–Trinajstić information content (AvgIpc) is 2.75. The first kappa shape index (κ1) is 13.5. The van der Waals surface area contributed by atoms with Gasteiger partial charge in [0.05, 0.1) is 12.1 Å². The largest absolute Gasteiger partial charge is 0.393 e. The number of hydrogen-bond acceptors (Lipinski definition) is 5. The Hall–Kier alpha value is -0.980. The lowest BCUT2D eigenvalue weighted by Gasteiger charge is -2.34. The lowest BCUT2D eigenvalue weighted by atomic mass is 9.82. The van der Waals surface area contributed by atoms with Gasteiger partial charge in [-0.2, -0.15) is 0 Å². The van der Waals surface area contributed by atoms with Gasteiger partial charge in [0, 0.05) is 19.0 Å². The summed E-state index contributed by atoms with van der Waals surface area (Å²) in [5.74, 6) is 0.347. The van der Waals surface area contributed by atoms with Crippen LogP contribution in [0.5, 0.6) is 0 Å². The summed E-state index contributed by atoms with van der Waals surface area (Å²) >= 11 is 1.42. The first-order valence-electron chi connectivity index (χ1n) is 6.12. The van der Waals surface area contributed by atoms with E-state index in [2.05, 4.69) is 4.98 Å². The summed E-state index contributed by atoms with van der Waals surface area (Å²) in [6, 6.07) is -0.136. The SMILES string of the molecule is CC(N)c1nc(C(=O)N(C)CC2CC(O)C2)cs1. The van der Waals surface area contributed by atoms with Crippen LogP contribution in [0.2, 0.25) is 0 Å². The summed E-state index contributed by atoms with van der Waals surface area (Å²) in [5, 5.41) is 11.8. The first-order valence-corrected chi connectivity index (χ1v) is 7.00. The Morgan fingerprint density at radius 1 is 1.72 bits per heavy atom. The zero-order valence-electron chi connectivity index (χ0n) is 10.7. The normalized spacial score (nSPS) is 24.4. The summed E-state index contributed by atoms with van der Waals surface area (Å²) in [7, 11) is 1.78. The molecule has 6 heteroatoms. The summed E-state index contributed by atoms with van der Waals surface area (Å²) in [6.45, 7) is 2.54. The molecule has 1 fully saturated rings. The lowest BCUT2D eigenvalue weighted by molar-refractivity contribution is 0.0264. The van der Waals surface area contributed by atoms with E-state index in [1.807, 2.05) is 6.92 Å². The molecule has 0 saturated heterocycles. The third-order valence-corrected chi connectivity index (χ3v) is 4.27. The molecule has 18 heavy (non-hydrogen) atoms. The van der Waals surface area contributed by atoms with E-state index in [1.165, 1.54) is 11.3 Å². The van der Waals surface area contributed by atoms with Gasteiger partial charge in [-0.3, -0.25) is 4.79 Å². The number of carbonyl (C=O) groups is 1. The van der Waals surface area contributed by atoms with Gasteiger partial charge in [0.15, 0.2) is 0 Å². The number of hydrogen-bond donors (Lipinski definition) is 2. The van der Waals surface area contributed by atoms with Gasteiger partial charge >= 0.3 is 0 Å². The van der Waals surface area contributed by atoms with Gasteiger partial charge in [-0.05, 0) is 25.7 Å². The molecule has 1 aliphatic rings. The highest BCUT2D eigenvalue weighted by atomic mass is 32.1. The Balaban J connectivity index is 1.92. The minimum absolute atomic E-state index is 0.0699. The van der Waals surface area contributed by atoms with Gasteiger partial charge in [0.25, 0.3) is 5.91 Å². The fourth-order valence-corrected chi connectivity index (χ4v) is 2.86. The number of amides is 1. The highest BCUT2D eigenvalue weighted by molar-refractivity contribution is 7.09. The van der Waals surface area contributed by atoms with E-state index in [4.69, 9.17) is 5.73 Å². The monoisotopic (exact) mass is 269 g/mol. The van der Waals surface area contributed by atoms with Crippen LogP contribution in [0.15, 0.2) is 5.38 Å². The molecule has 1 aliphatic carbocycles. The van der Waals surface area contributed by atoms with E-state index in [1.54, 1.807) is 17.3 Å². The maximum Gasteiger partial charge on any atom is 0.273 e. The minimum atomic E-state index is -0.178. The van der Waals surface area contributed by atoms with Gasteiger partial charge in [-0.1, -0.05) is 0 Å². The van der Waals surface area contributed by atoms with Crippen LogP contribution in [0.4, 0.5) is 0 Å². The molecule has 1 saturated carbocycles. The molecule has 100 valence electrons. The molecule has 2 rings (SSSR count). The molecule has 0 bridgehead atoms. The maximum atomic E-state index is 12.1. The summed E-state index contributed by atoms with van der Waals surface area (Å²) < 4.78 is 0. The second-order valence-electron chi connectivity index (χ2n) is 5.04. The van der Waals surface area contributed by atoms with Crippen molar-refractivity contribution in [2.75, 3.05) is 13.6 Å². The van der Waals surface area contributed by atoms with Crippen molar-refractivity contribution in [3.05, 3.63) is 16.1 Å². The Bertz CT molecular complexity index is 427. The predicted molar refractivity (Wildman–Crippen MR) is 70.4 cm³/mol. The van der Waals surface area contributed by atoms with Gasteiger partial charge in [-0.15, -0.1) is 11.3 Å². The van der Waals surface area contributed by atoms with Crippen molar-refractivity contribution in [1.82, 2.24) is 9.88 Å². The molecule has 1 unspecified atom stereocenters. The number of aliphatic hydroxyl groups is 1. The number of nitrogens with zero attached hydrogens (tertiary/aromatic N) is 2. The van der Waals surface area contributed by atoms with E-state index in [0.29, 0.717) is 18.2 Å². The summed E-state index contributed by atoms with van der Waals surface area (Å²) in [4.78, 5) is 18.0. The Morgan fingerprint density at radius 2 is 2.39 bits per heavy atom. The zero-order valence-corrected chi connectivity index (χ0v) is 11.5. The summed E-state index contributed by atoms with van der Waals surface area (Å²) in [6.07, 6.45) is 1.40. The average molecular weight is 269 g/mol. The number of aromatic nitrogens is 1. The van der Waals surface area contributed by atoms with Crippen molar-refractivity contribution in [1.29, 1.82) is 0 Å². The highest BCUT2D eigenvalue weighted by Crippen LogP contribution is 2.28. The lowest BCUT2D eigenvalue weighted by Crippen LogP contribution is -2.39. The molecule has 0 spiro atoms. The van der Waals surface area contributed by atoms with Crippen LogP contribution in [-0.2, 0) is 0 Å². The molecular formula is C12H19N3O2S. The number of carbonyl (C=O) groups excluding carboxylic acids is 1. The van der Waals surface area contributed by atoms with Crippen molar-refractivity contribution < 1.29 is 9.90 Å². The molecule has 1 heterocycles. The van der Waals surface area contributed by atoms with E-state index in [9.17, 15) is 9.90 Å². The second kappa shape index (κ2) is 5.34. The molecule has 3 N–H and O–H groups in total. The van der Waals surface area contributed by atoms with Crippen LogP contribution in [0.3, 0.4) is 0 Å².